The molecule has 1 aromatic rings. The van der Waals surface area contributed by atoms with Crippen LogP contribution in [0.2, 0.25) is 0 Å². The number of hydrogen-bond donors (Lipinski definition) is 0. The van der Waals surface area contributed by atoms with Crippen molar-refractivity contribution in [2.24, 2.45) is 0 Å². The van der Waals surface area contributed by atoms with Crippen LogP contribution in [-0.4, -0.2) is 21.2 Å². The predicted molar refractivity (Wildman–Crippen MR) is 66.6 cm³/mol. The molecule has 0 spiro atoms. The lowest BCUT2D eigenvalue weighted by molar-refractivity contribution is 0.415. The second-order valence-corrected chi connectivity index (χ2v) is 3.73. The second-order valence-electron chi connectivity index (χ2n) is 3.73. The lowest BCUT2D eigenvalue weighted by atomic mass is 10.0. The van der Waals surface area contributed by atoms with Crippen molar-refractivity contribution >= 4 is 11.3 Å². The van der Waals surface area contributed by atoms with Gasteiger partial charge in [-0.2, -0.15) is 0 Å². The van der Waals surface area contributed by atoms with Gasteiger partial charge in [0.15, 0.2) is 0 Å². The number of allylic oxidation sites excluding steroid dienone is 1. The molecule has 0 saturated heterocycles. The number of nitrogens with zero attached hydrogens (tertiary/aromatic N) is 1. The van der Waals surface area contributed by atoms with Crippen molar-refractivity contribution in [3.8, 4) is 5.75 Å². The van der Waals surface area contributed by atoms with Gasteiger partial charge in [-0.3, -0.25) is 0 Å². The highest BCUT2D eigenvalue weighted by Gasteiger charge is 2.08. The van der Waals surface area contributed by atoms with E-state index >= 15 is 0 Å². The third kappa shape index (κ3) is 2.52. The van der Waals surface area contributed by atoms with Crippen LogP contribution in [0.5, 0.6) is 5.75 Å². The van der Waals surface area contributed by atoms with Gasteiger partial charge in [0, 0.05) is 31.4 Å². The second kappa shape index (κ2) is 4.87. The van der Waals surface area contributed by atoms with Crippen molar-refractivity contribution in [1.82, 2.24) is 0 Å². The topological polar surface area (TPSA) is 12.5 Å². The monoisotopic (exact) mass is 205 g/mol. The van der Waals surface area contributed by atoms with Gasteiger partial charge in [-0.05, 0) is 24.1 Å². The van der Waals surface area contributed by atoms with Crippen LogP contribution in [0.15, 0.2) is 24.8 Å². The fourth-order valence-corrected chi connectivity index (χ4v) is 1.50. The number of benzene rings is 1. The molecule has 0 amide bonds. The molecule has 0 aliphatic heterocycles. The van der Waals surface area contributed by atoms with Crippen molar-refractivity contribution in [1.29, 1.82) is 0 Å². The summed E-state index contributed by atoms with van der Waals surface area (Å²) in [5, 5.41) is 0. The summed E-state index contributed by atoms with van der Waals surface area (Å²) >= 11 is 0. The van der Waals surface area contributed by atoms with Gasteiger partial charge in [-0.1, -0.05) is 13.5 Å². The molecule has 82 valence electrons. The summed E-state index contributed by atoms with van der Waals surface area (Å²) < 4.78 is 5.22. The maximum absolute atomic E-state index is 5.22. The first kappa shape index (κ1) is 11.6. The predicted octanol–water partition coefficient (Wildman–Crippen LogP) is 3.18. The minimum Gasteiger partial charge on any atom is -0.497 e. The Labute approximate surface area is 92.2 Å². The highest BCUT2D eigenvalue weighted by Crippen LogP contribution is 2.30. The van der Waals surface area contributed by atoms with Gasteiger partial charge in [-0.25, -0.2) is 0 Å². The van der Waals surface area contributed by atoms with E-state index in [4.69, 9.17) is 4.74 Å². The summed E-state index contributed by atoms with van der Waals surface area (Å²) in [6.07, 6.45) is 0.965. The molecular weight excluding hydrogens is 186 g/mol. The first-order valence-corrected chi connectivity index (χ1v) is 5.13. The first-order valence-electron chi connectivity index (χ1n) is 5.13. The van der Waals surface area contributed by atoms with Crippen LogP contribution < -0.4 is 9.64 Å². The zero-order valence-corrected chi connectivity index (χ0v) is 10.0. The Morgan fingerprint density at radius 3 is 2.53 bits per heavy atom. The SMILES string of the molecule is C=C(CC)c1ccc(OC)cc1N(C)C. The van der Waals surface area contributed by atoms with Gasteiger partial charge < -0.3 is 9.64 Å². The minimum atomic E-state index is 0.881. The summed E-state index contributed by atoms with van der Waals surface area (Å²) in [7, 11) is 5.74. The molecule has 0 fully saturated rings. The molecule has 15 heavy (non-hydrogen) atoms. The Kier molecular flexibility index (Phi) is 3.78. The maximum atomic E-state index is 5.22. The molecular formula is C13H19NO. The molecule has 0 atom stereocenters. The van der Waals surface area contributed by atoms with E-state index in [-0.39, 0.29) is 0 Å². The Hall–Kier alpha value is -1.44. The molecule has 0 aromatic heterocycles. The number of anilines is 1. The van der Waals surface area contributed by atoms with E-state index in [0.29, 0.717) is 0 Å². The summed E-state index contributed by atoms with van der Waals surface area (Å²) in [6, 6.07) is 6.08. The smallest absolute Gasteiger partial charge is 0.120 e. The lowest BCUT2D eigenvalue weighted by Gasteiger charge is -2.19. The summed E-state index contributed by atoms with van der Waals surface area (Å²) in [5.74, 6) is 0.881. The van der Waals surface area contributed by atoms with Crippen LogP contribution in [0.3, 0.4) is 0 Å². The van der Waals surface area contributed by atoms with Gasteiger partial charge in [0.05, 0.1) is 7.11 Å². The van der Waals surface area contributed by atoms with E-state index in [1.54, 1.807) is 7.11 Å². The minimum absolute atomic E-state index is 0.881. The maximum Gasteiger partial charge on any atom is 0.120 e. The largest absolute Gasteiger partial charge is 0.497 e. The lowest BCUT2D eigenvalue weighted by Crippen LogP contribution is -2.11. The number of methoxy groups -OCH3 is 1. The molecule has 1 aromatic carbocycles. The van der Waals surface area contributed by atoms with Crippen LogP contribution in [0.4, 0.5) is 5.69 Å². The molecule has 2 nitrogen and oxygen atoms in total. The van der Waals surface area contributed by atoms with Crippen LogP contribution >= 0.6 is 0 Å². The first-order chi connectivity index (χ1) is 7.10. The zero-order valence-electron chi connectivity index (χ0n) is 10.0. The number of ether oxygens (including phenoxy) is 1. The summed E-state index contributed by atoms with van der Waals surface area (Å²) in [5.41, 5.74) is 3.51. The van der Waals surface area contributed by atoms with Crippen LogP contribution in [0.1, 0.15) is 18.9 Å². The molecule has 0 aliphatic carbocycles. The molecule has 0 bridgehead atoms. The summed E-state index contributed by atoms with van der Waals surface area (Å²) in [6.45, 7) is 6.19. The van der Waals surface area contributed by atoms with E-state index in [2.05, 4.69) is 24.5 Å². The fraction of sp³-hybridized carbons (Fsp3) is 0.385. The number of hydrogen-bond acceptors (Lipinski definition) is 2. The van der Waals surface area contributed by atoms with Crippen molar-refractivity contribution in [2.75, 3.05) is 26.1 Å². The van der Waals surface area contributed by atoms with Crippen LogP contribution in [0.25, 0.3) is 5.57 Å². The highest BCUT2D eigenvalue weighted by atomic mass is 16.5. The highest BCUT2D eigenvalue weighted by molar-refractivity contribution is 5.76. The normalized spacial score (nSPS) is 9.87. The quantitative estimate of drug-likeness (QED) is 0.748. The molecule has 0 unspecified atom stereocenters. The third-order valence-corrected chi connectivity index (χ3v) is 2.49. The molecule has 0 N–H and O–H groups in total. The average Bonchev–Trinajstić information content (AvgIpc) is 2.27. The molecule has 0 heterocycles. The van der Waals surface area contributed by atoms with Crippen molar-refractivity contribution < 1.29 is 4.74 Å². The molecule has 0 radical (unpaired) electrons. The average molecular weight is 205 g/mol. The van der Waals surface area contributed by atoms with Crippen LogP contribution in [-0.2, 0) is 0 Å². The Balaban J connectivity index is 3.21. The standard InChI is InChI=1S/C13H19NO/c1-6-10(2)12-8-7-11(15-5)9-13(12)14(3)4/h7-9H,2,6H2,1,3-5H3. The zero-order chi connectivity index (χ0) is 11.4. The van der Waals surface area contributed by atoms with Crippen molar-refractivity contribution in [2.45, 2.75) is 13.3 Å². The van der Waals surface area contributed by atoms with E-state index in [1.165, 1.54) is 5.56 Å². The Bertz CT molecular complexity index is 356. The summed E-state index contributed by atoms with van der Waals surface area (Å²) in [4.78, 5) is 2.08. The van der Waals surface area contributed by atoms with E-state index < -0.39 is 0 Å². The van der Waals surface area contributed by atoms with Crippen molar-refractivity contribution in [3.05, 3.63) is 30.3 Å². The van der Waals surface area contributed by atoms with Crippen LogP contribution in [0, 0.1) is 0 Å². The van der Waals surface area contributed by atoms with E-state index in [9.17, 15) is 0 Å². The molecule has 1 rings (SSSR count). The van der Waals surface area contributed by atoms with Crippen molar-refractivity contribution in [3.63, 3.8) is 0 Å². The van der Waals surface area contributed by atoms with E-state index in [1.807, 2.05) is 26.2 Å². The fourth-order valence-electron chi connectivity index (χ4n) is 1.50. The molecule has 2 heteroatoms. The number of rotatable bonds is 4. The van der Waals surface area contributed by atoms with Gasteiger partial charge in [0.25, 0.3) is 0 Å². The Morgan fingerprint density at radius 2 is 2.07 bits per heavy atom. The Morgan fingerprint density at radius 1 is 1.40 bits per heavy atom. The molecule has 0 aliphatic rings. The van der Waals surface area contributed by atoms with Gasteiger partial charge >= 0.3 is 0 Å². The van der Waals surface area contributed by atoms with Gasteiger partial charge in [0.2, 0.25) is 0 Å². The van der Waals surface area contributed by atoms with Gasteiger partial charge in [0.1, 0.15) is 5.75 Å². The third-order valence-electron chi connectivity index (χ3n) is 2.49. The molecule has 0 saturated carbocycles. The van der Waals surface area contributed by atoms with Gasteiger partial charge in [-0.15, -0.1) is 0 Å². The van der Waals surface area contributed by atoms with E-state index in [0.717, 1.165) is 23.4 Å².